The number of anilines is 1. The lowest BCUT2D eigenvalue weighted by Gasteiger charge is -2.36. The Hall–Kier alpha value is -1.28. The lowest BCUT2D eigenvalue weighted by molar-refractivity contribution is -0.117. The number of carbonyl (C=O) groups is 1. The van der Waals surface area contributed by atoms with Crippen LogP contribution in [0.15, 0.2) is 34.1 Å². The van der Waals surface area contributed by atoms with E-state index in [2.05, 4.69) is 36.0 Å². The third-order valence-corrected chi connectivity index (χ3v) is 6.22. The van der Waals surface area contributed by atoms with Crippen LogP contribution >= 0.6 is 27.3 Å². The molecule has 0 spiro atoms. The maximum atomic E-state index is 12.4. The normalized spacial score (nSPS) is 21.2. The highest BCUT2D eigenvalue weighted by Crippen LogP contribution is 2.26. The molecule has 4 rings (SSSR count). The van der Waals surface area contributed by atoms with E-state index >= 15 is 0 Å². The van der Waals surface area contributed by atoms with E-state index in [0.717, 1.165) is 35.4 Å². The molecule has 5 nitrogen and oxygen atoms in total. The fourth-order valence-corrected chi connectivity index (χ4v) is 4.65. The summed E-state index contributed by atoms with van der Waals surface area (Å²) in [6.07, 6.45) is 2.56. The Morgan fingerprint density at radius 2 is 2.12 bits per heavy atom. The number of thiazole rings is 1. The van der Waals surface area contributed by atoms with E-state index in [-0.39, 0.29) is 5.91 Å². The molecule has 1 N–H and O–H groups in total. The van der Waals surface area contributed by atoms with Crippen LogP contribution < -0.4 is 5.32 Å². The number of rotatable bonds is 4. The van der Waals surface area contributed by atoms with Gasteiger partial charge in [0.05, 0.1) is 12.2 Å². The molecule has 1 aromatic heterocycles. The summed E-state index contributed by atoms with van der Waals surface area (Å²) in [6.45, 7) is 4.75. The number of piperazine rings is 1. The van der Waals surface area contributed by atoms with Crippen LogP contribution in [0, 0.1) is 0 Å². The predicted octanol–water partition coefficient (Wildman–Crippen LogP) is 3.29. The number of amides is 1. The second-order valence-electron chi connectivity index (χ2n) is 6.66. The van der Waals surface area contributed by atoms with Crippen molar-refractivity contribution in [2.45, 2.75) is 18.9 Å². The Balaban J connectivity index is 1.33. The van der Waals surface area contributed by atoms with Crippen LogP contribution in [-0.4, -0.2) is 59.5 Å². The van der Waals surface area contributed by atoms with Crippen LogP contribution in [0.5, 0.6) is 0 Å². The van der Waals surface area contributed by atoms with Gasteiger partial charge in [0.25, 0.3) is 0 Å². The molecule has 1 aromatic carbocycles. The van der Waals surface area contributed by atoms with Crippen molar-refractivity contribution in [2.24, 2.45) is 0 Å². The molecule has 2 aromatic rings. The highest BCUT2D eigenvalue weighted by atomic mass is 79.9. The first-order valence-corrected chi connectivity index (χ1v) is 10.3. The Morgan fingerprint density at radius 1 is 1.28 bits per heavy atom. The quantitative estimate of drug-likeness (QED) is 0.823. The summed E-state index contributed by atoms with van der Waals surface area (Å²) < 4.78 is 1.04. The highest BCUT2D eigenvalue weighted by molar-refractivity contribution is 9.10. The van der Waals surface area contributed by atoms with Crippen LogP contribution in [0.25, 0.3) is 11.3 Å². The molecule has 3 heterocycles. The standard InChI is InChI=1S/C18H21BrN4OS/c19-14-5-3-13(4-6-14)16-12-25-18(20-16)21-17(24)11-22-8-9-23-7-1-2-15(23)10-22/h3-6,12,15H,1-2,7-11H2,(H,20,21,24)/t15-/m1/s1. The van der Waals surface area contributed by atoms with Gasteiger partial charge in [0.15, 0.2) is 5.13 Å². The monoisotopic (exact) mass is 420 g/mol. The fraction of sp³-hybridized carbons (Fsp3) is 0.444. The van der Waals surface area contributed by atoms with Crippen LogP contribution in [0.2, 0.25) is 0 Å². The summed E-state index contributed by atoms with van der Waals surface area (Å²) in [5.74, 6) is 0.0307. The number of fused-ring (bicyclic) bond motifs is 1. The minimum absolute atomic E-state index is 0.0307. The van der Waals surface area contributed by atoms with Gasteiger partial charge in [-0.3, -0.25) is 14.6 Å². The fourth-order valence-electron chi connectivity index (χ4n) is 3.65. The van der Waals surface area contributed by atoms with Crippen molar-refractivity contribution in [3.63, 3.8) is 0 Å². The molecule has 2 aliphatic heterocycles. The zero-order valence-electron chi connectivity index (χ0n) is 13.9. The number of halogens is 1. The van der Waals surface area contributed by atoms with E-state index in [1.165, 1.54) is 30.7 Å². The molecule has 0 radical (unpaired) electrons. The Kier molecular flexibility index (Phi) is 5.17. The van der Waals surface area contributed by atoms with Gasteiger partial charge in [-0.1, -0.05) is 28.1 Å². The van der Waals surface area contributed by atoms with Gasteiger partial charge in [-0.25, -0.2) is 4.98 Å². The van der Waals surface area contributed by atoms with Gasteiger partial charge in [-0.05, 0) is 31.5 Å². The molecular weight excluding hydrogens is 400 g/mol. The lowest BCUT2D eigenvalue weighted by Crippen LogP contribution is -2.51. The maximum Gasteiger partial charge on any atom is 0.240 e. The summed E-state index contributed by atoms with van der Waals surface area (Å²) in [4.78, 5) is 21.7. The predicted molar refractivity (Wildman–Crippen MR) is 105 cm³/mol. The molecule has 1 atom stereocenters. The molecule has 0 aliphatic carbocycles. The number of nitrogens with zero attached hydrogens (tertiary/aromatic N) is 3. The van der Waals surface area contributed by atoms with Crippen molar-refractivity contribution < 1.29 is 4.79 Å². The van der Waals surface area contributed by atoms with E-state index < -0.39 is 0 Å². The Bertz CT molecular complexity index is 748. The molecule has 0 bridgehead atoms. The number of carbonyl (C=O) groups excluding carboxylic acids is 1. The summed E-state index contributed by atoms with van der Waals surface area (Å²) in [6, 6.07) is 8.67. The van der Waals surface area contributed by atoms with Crippen molar-refractivity contribution in [1.29, 1.82) is 0 Å². The number of hydrogen-bond acceptors (Lipinski definition) is 5. The number of aromatic nitrogens is 1. The third-order valence-electron chi connectivity index (χ3n) is 4.93. The zero-order chi connectivity index (χ0) is 17.2. The topological polar surface area (TPSA) is 48.5 Å². The summed E-state index contributed by atoms with van der Waals surface area (Å²) >= 11 is 4.91. The minimum Gasteiger partial charge on any atom is -0.301 e. The molecule has 2 saturated heterocycles. The van der Waals surface area contributed by atoms with Crippen molar-refractivity contribution in [3.8, 4) is 11.3 Å². The van der Waals surface area contributed by atoms with Gasteiger partial charge in [0, 0.05) is 41.1 Å². The summed E-state index contributed by atoms with van der Waals surface area (Å²) in [5.41, 5.74) is 1.95. The van der Waals surface area contributed by atoms with Crippen LogP contribution in [0.1, 0.15) is 12.8 Å². The molecular formula is C18H21BrN4OS. The molecule has 2 aliphatic rings. The first kappa shape index (κ1) is 17.1. The van der Waals surface area contributed by atoms with Gasteiger partial charge in [-0.15, -0.1) is 11.3 Å². The first-order valence-electron chi connectivity index (χ1n) is 8.65. The highest BCUT2D eigenvalue weighted by Gasteiger charge is 2.31. The van der Waals surface area contributed by atoms with Crippen LogP contribution in [0.4, 0.5) is 5.13 Å². The van der Waals surface area contributed by atoms with Crippen molar-refractivity contribution >= 4 is 38.3 Å². The van der Waals surface area contributed by atoms with Crippen molar-refractivity contribution in [1.82, 2.24) is 14.8 Å². The maximum absolute atomic E-state index is 12.4. The third kappa shape index (κ3) is 4.11. The molecule has 0 saturated carbocycles. The average molecular weight is 421 g/mol. The van der Waals surface area contributed by atoms with Crippen molar-refractivity contribution in [3.05, 3.63) is 34.1 Å². The minimum atomic E-state index is 0.0307. The molecule has 7 heteroatoms. The number of benzene rings is 1. The van der Waals surface area contributed by atoms with Gasteiger partial charge in [0.1, 0.15) is 0 Å². The van der Waals surface area contributed by atoms with Gasteiger partial charge in [0.2, 0.25) is 5.91 Å². The first-order chi connectivity index (χ1) is 12.2. The Morgan fingerprint density at radius 3 is 2.96 bits per heavy atom. The second kappa shape index (κ2) is 7.53. The van der Waals surface area contributed by atoms with Gasteiger partial charge in [-0.2, -0.15) is 0 Å². The van der Waals surface area contributed by atoms with E-state index in [1.54, 1.807) is 0 Å². The molecule has 1 amide bonds. The second-order valence-corrected chi connectivity index (χ2v) is 8.43. The average Bonchev–Trinajstić information content (AvgIpc) is 3.24. The van der Waals surface area contributed by atoms with E-state index in [0.29, 0.717) is 17.7 Å². The number of hydrogen-bond donors (Lipinski definition) is 1. The summed E-state index contributed by atoms with van der Waals surface area (Å²) in [5, 5.41) is 5.61. The molecule has 25 heavy (non-hydrogen) atoms. The van der Waals surface area contributed by atoms with Gasteiger partial charge < -0.3 is 5.32 Å². The Labute approximate surface area is 160 Å². The van der Waals surface area contributed by atoms with Crippen molar-refractivity contribution in [2.75, 3.05) is 38.0 Å². The van der Waals surface area contributed by atoms with E-state index in [9.17, 15) is 4.79 Å². The smallest absolute Gasteiger partial charge is 0.240 e. The van der Waals surface area contributed by atoms with E-state index in [1.807, 2.05) is 29.6 Å². The van der Waals surface area contributed by atoms with Crippen LogP contribution in [-0.2, 0) is 4.79 Å². The number of nitrogens with one attached hydrogen (secondary N) is 1. The molecule has 132 valence electrons. The van der Waals surface area contributed by atoms with Gasteiger partial charge >= 0.3 is 0 Å². The molecule has 0 unspecified atom stereocenters. The largest absolute Gasteiger partial charge is 0.301 e. The van der Waals surface area contributed by atoms with E-state index in [4.69, 9.17) is 0 Å². The zero-order valence-corrected chi connectivity index (χ0v) is 16.4. The molecule has 2 fully saturated rings. The van der Waals surface area contributed by atoms with Crippen LogP contribution in [0.3, 0.4) is 0 Å². The SMILES string of the molecule is O=C(CN1CCN2CCC[C@@H]2C1)Nc1nc(-c2ccc(Br)cc2)cs1. The summed E-state index contributed by atoms with van der Waals surface area (Å²) in [7, 11) is 0. The lowest BCUT2D eigenvalue weighted by atomic mass is 10.1.